The van der Waals surface area contributed by atoms with E-state index in [1.807, 2.05) is 13.8 Å². The zero-order valence-corrected chi connectivity index (χ0v) is 10.0. The SMILES string of the molecule is COC(C)(C)CC(=O)CC1CCOCC1. The molecule has 0 amide bonds. The fourth-order valence-corrected chi connectivity index (χ4v) is 1.89. The third kappa shape index (κ3) is 4.76. The van der Waals surface area contributed by atoms with E-state index in [1.54, 1.807) is 7.11 Å². The van der Waals surface area contributed by atoms with Gasteiger partial charge in [-0.15, -0.1) is 0 Å². The Morgan fingerprint density at radius 3 is 2.53 bits per heavy atom. The summed E-state index contributed by atoms with van der Waals surface area (Å²) in [5.74, 6) is 0.840. The highest BCUT2D eigenvalue weighted by atomic mass is 16.5. The number of methoxy groups -OCH3 is 1. The van der Waals surface area contributed by atoms with E-state index >= 15 is 0 Å². The molecule has 1 fully saturated rings. The maximum Gasteiger partial charge on any atom is 0.136 e. The lowest BCUT2D eigenvalue weighted by atomic mass is 9.90. The Bertz CT molecular complexity index is 205. The van der Waals surface area contributed by atoms with Gasteiger partial charge in [-0.05, 0) is 32.6 Å². The third-order valence-corrected chi connectivity index (χ3v) is 3.03. The van der Waals surface area contributed by atoms with E-state index in [1.165, 1.54) is 0 Å². The summed E-state index contributed by atoms with van der Waals surface area (Å²) in [7, 11) is 1.65. The standard InChI is InChI=1S/C12H22O3/c1-12(2,14-3)9-11(13)8-10-4-6-15-7-5-10/h10H,4-9H2,1-3H3. The summed E-state index contributed by atoms with van der Waals surface area (Å²) in [6.45, 7) is 5.53. The fourth-order valence-electron chi connectivity index (χ4n) is 1.89. The number of rotatable bonds is 5. The van der Waals surface area contributed by atoms with Gasteiger partial charge in [-0.3, -0.25) is 4.79 Å². The van der Waals surface area contributed by atoms with Gasteiger partial charge < -0.3 is 9.47 Å². The molecule has 1 heterocycles. The van der Waals surface area contributed by atoms with E-state index in [0.29, 0.717) is 24.5 Å². The molecule has 0 aromatic heterocycles. The predicted octanol–water partition coefficient (Wildman–Crippen LogP) is 2.19. The summed E-state index contributed by atoms with van der Waals surface area (Å²) >= 11 is 0. The van der Waals surface area contributed by atoms with E-state index in [4.69, 9.17) is 9.47 Å². The minimum atomic E-state index is -0.317. The number of ketones is 1. The van der Waals surface area contributed by atoms with Gasteiger partial charge in [-0.1, -0.05) is 0 Å². The summed E-state index contributed by atoms with van der Waals surface area (Å²) in [4.78, 5) is 11.8. The Morgan fingerprint density at radius 1 is 1.40 bits per heavy atom. The lowest BCUT2D eigenvalue weighted by Gasteiger charge is -2.25. The summed E-state index contributed by atoms with van der Waals surface area (Å²) in [5.41, 5.74) is -0.317. The highest BCUT2D eigenvalue weighted by Gasteiger charge is 2.24. The van der Waals surface area contributed by atoms with Crippen LogP contribution in [0.3, 0.4) is 0 Å². The Balaban J connectivity index is 2.28. The molecule has 15 heavy (non-hydrogen) atoms. The highest BCUT2D eigenvalue weighted by molar-refractivity contribution is 5.79. The number of carbonyl (C=O) groups excluding carboxylic acids is 1. The molecule has 0 N–H and O–H groups in total. The number of hydrogen-bond donors (Lipinski definition) is 0. The zero-order chi connectivity index (χ0) is 11.3. The second-order valence-electron chi connectivity index (χ2n) is 4.94. The van der Waals surface area contributed by atoms with Crippen molar-refractivity contribution in [2.24, 2.45) is 5.92 Å². The Kier molecular flexibility index (Phi) is 4.74. The van der Waals surface area contributed by atoms with Crippen molar-refractivity contribution >= 4 is 5.78 Å². The molecular weight excluding hydrogens is 192 g/mol. The maximum atomic E-state index is 11.8. The first-order valence-corrected chi connectivity index (χ1v) is 5.68. The van der Waals surface area contributed by atoms with Gasteiger partial charge in [0.25, 0.3) is 0 Å². The van der Waals surface area contributed by atoms with Crippen LogP contribution >= 0.6 is 0 Å². The minimum Gasteiger partial charge on any atom is -0.381 e. The Labute approximate surface area is 92.1 Å². The molecule has 0 saturated carbocycles. The van der Waals surface area contributed by atoms with Gasteiger partial charge in [0.2, 0.25) is 0 Å². The molecule has 1 rings (SSSR count). The fraction of sp³-hybridized carbons (Fsp3) is 0.917. The van der Waals surface area contributed by atoms with Crippen molar-refractivity contribution < 1.29 is 14.3 Å². The molecule has 0 bridgehead atoms. The second-order valence-corrected chi connectivity index (χ2v) is 4.94. The topological polar surface area (TPSA) is 35.5 Å². The average molecular weight is 214 g/mol. The summed E-state index contributed by atoms with van der Waals surface area (Å²) < 4.78 is 10.5. The molecular formula is C12H22O3. The molecule has 0 spiro atoms. The summed E-state index contributed by atoms with van der Waals surface area (Å²) in [5, 5.41) is 0. The van der Waals surface area contributed by atoms with Gasteiger partial charge in [-0.25, -0.2) is 0 Å². The van der Waals surface area contributed by atoms with Gasteiger partial charge in [0.05, 0.1) is 5.60 Å². The number of Topliss-reactive ketones (excluding diaryl/α,β-unsaturated/α-hetero) is 1. The van der Waals surface area contributed by atoms with Crippen molar-refractivity contribution in [2.45, 2.75) is 45.1 Å². The van der Waals surface area contributed by atoms with E-state index in [2.05, 4.69) is 0 Å². The van der Waals surface area contributed by atoms with Crippen molar-refractivity contribution in [3.05, 3.63) is 0 Å². The number of hydrogen-bond acceptors (Lipinski definition) is 3. The van der Waals surface area contributed by atoms with E-state index < -0.39 is 0 Å². The average Bonchev–Trinajstić information content (AvgIpc) is 2.18. The molecule has 0 aliphatic carbocycles. The van der Waals surface area contributed by atoms with Crippen LogP contribution in [0.1, 0.15) is 39.5 Å². The van der Waals surface area contributed by atoms with E-state index in [0.717, 1.165) is 26.1 Å². The lowest BCUT2D eigenvalue weighted by Crippen LogP contribution is -2.28. The Morgan fingerprint density at radius 2 is 2.00 bits per heavy atom. The first-order valence-electron chi connectivity index (χ1n) is 5.68. The van der Waals surface area contributed by atoms with E-state index in [-0.39, 0.29) is 5.60 Å². The van der Waals surface area contributed by atoms with Crippen LogP contribution in [0.4, 0.5) is 0 Å². The largest absolute Gasteiger partial charge is 0.381 e. The molecule has 1 aliphatic rings. The van der Waals surface area contributed by atoms with Crippen LogP contribution < -0.4 is 0 Å². The first-order chi connectivity index (χ1) is 7.03. The maximum absolute atomic E-state index is 11.8. The van der Waals surface area contributed by atoms with Gasteiger partial charge in [-0.2, -0.15) is 0 Å². The monoisotopic (exact) mass is 214 g/mol. The quantitative estimate of drug-likeness (QED) is 0.703. The normalized spacial score (nSPS) is 19.1. The first kappa shape index (κ1) is 12.7. The number of ether oxygens (including phenoxy) is 2. The van der Waals surface area contributed by atoms with E-state index in [9.17, 15) is 4.79 Å². The van der Waals surface area contributed by atoms with Crippen LogP contribution in [-0.2, 0) is 14.3 Å². The molecule has 0 atom stereocenters. The van der Waals surface area contributed by atoms with Crippen molar-refractivity contribution in [3.63, 3.8) is 0 Å². The smallest absolute Gasteiger partial charge is 0.136 e. The summed E-state index contributed by atoms with van der Waals surface area (Å²) in [6, 6.07) is 0. The van der Waals surface area contributed by atoms with Gasteiger partial charge >= 0.3 is 0 Å². The zero-order valence-electron chi connectivity index (χ0n) is 10.0. The molecule has 0 aromatic carbocycles. The van der Waals surface area contributed by atoms with Gasteiger partial charge in [0.1, 0.15) is 5.78 Å². The molecule has 1 saturated heterocycles. The molecule has 0 aromatic rings. The minimum absolute atomic E-state index is 0.314. The molecule has 3 heteroatoms. The van der Waals surface area contributed by atoms with Crippen LogP contribution in [0.15, 0.2) is 0 Å². The van der Waals surface area contributed by atoms with Crippen LogP contribution in [0, 0.1) is 5.92 Å². The lowest BCUT2D eigenvalue weighted by molar-refractivity contribution is -0.125. The van der Waals surface area contributed by atoms with Crippen molar-refractivity contribution in [2.75, 3.05) is 20.3 Å². The van der Waals surface area contributed by atoms with Gasteiger partial charge in [0.15, 0.2) is 0 Å². The van der Waals surface area contributed by atoms with Crippen LogP contribution in [-0.4, -0.2) is 31.7 Å². The third-order valence-electron chi connectivity index (χ3n) is 3.03. The number of carbonyl (C=O) groups is 1. The van der Waals surface area contributed by atoms with Gasteiger partial charge in [0, 0.05) is 33.2 Å². The molecule has 1 aliphatic heterocycles. The van der Waals surface area contributed by atoms with Crippen LogP contribution in [0.25, 0.3) is 0 Å². The molecule has 3 nitrogen and oxygen atoms in total. The second kappa shape index (κ2) is 5.61. The predicted molar refractivity (Wildman–Crippen MR) is 58.9 cm³/mol. The molecule has 0 unspecified atom stereocenters. The van der Waals surface area contributed by atoms with Crippen LogP contribution in [0.2, 0.25) is 0 Å². The van der Waals surface area contributed by atoms with Crippen molar-refractivity contribution in [1.82, 2.24) is 0 Å². The highest BCUT2D eigenvalue weighted by Crippen LogP contribution is 2.22. The van der Waals surface area contributed by atoms with Crippen molar-refractivity contribution in [1.29, 1.82) is 0 Å². The van der Waals surface area contributed by atoms with Crippen molar-refractivity contribution in [3.8, 4) is 0 Å². The molecule has 0 radical (unpaired) electrons. The van der Waals surface area contributed by atoms with Crippen LogP contribution in [0.5, 0.6) is 0 Å². The summed E-state index contributed by atoms with van der Waals surface area (Å²) in [6.07, 6.45) is 3.26. The Hall–Kier alpha value is -0.410. The molecule has 88 valence electrons.